The normalized spacial score (nSPS) is 13.9. The van der Waals surface area contributed by atoms with Gasteiger partial charge in [0, 0.05) is 24.4 Å². The lowest BCUT2D eigenvalue weighted by atomic mass is 9.87. The maximum absolute atomic E-state index is 9.95. The summed E-state index contributed by atoms with van der Waals surface area (Å²) in [7, 11) is 1.92. The molecule has 0 saturated carbocycles. The molecule has 0 aliphatic rings. The first-order valence-electron chi connectivity index (χ1n) is 7.50. The first kappa shape index (κ1) is 14.7. The number of likely N-dealkylation sites (N-methyl/N-ethyl adjacent to an activating group) is 1. The summed E-state index contributed by atoms with van der Waals surface area (Å²) < 4.78 is 0. The van der Waals surface area contributed by atoms with E-state index in [1.54, 1.807) is 6.20 Å². The second-order valence-electron chi connectivity index (χ2n) is 5.45. The number of aromatic nitrogens is 1. The van der Waals surface area contributed by atoms with Crippen LogP contribution in [0.2, 0.25) is 0 Å². The van der Waals surface area contributed by atoms with Crippen LogP contribution in [0.3, 0.4) is 0 Å². The molecule has 2 N–H and O–H groups in total. The fraction of sp³-hybridized carbons (Fsp3) is 0.211. The third-order valence-electron chi connectivity index (χ3n) is 4.16. The van der Waals surface area contributed by atoms with E-state index < -0.39 is 0 Å². The van der Waals surface area contributed by atoms with Crippen LogP contribution in [-0.4, -0.2) is 23.7 Å². The van der Waals surface area contributed by atoms with E-state index in [-0.39, 0.29) is 18.6 Å². The van der Waals surface area contributed by atoms with E-state index in [0.29, 0.717) is 0 Å². The molecule has 0 bridgehead atoms. The van der Waals surface area contributed by atoms with Crippen molar-refractivity contribution in [2.45, 2.75) is 12.0 Å². The highest BCUT2D eigenvalue weighted by atomic mass is 16.3. The number of aliphatic hydroxyl groups excluding tert-OH is 1. The van der Waals surface area contributed by atoms with Gasteiger partial charge in [-0.3, -0.25) is 4.98 Å². The first-order valence-corrected chi connectivity index (χ1v) is 7.50. The van der Waals surface area contributed by atoms with Gasteiger partial charge in [0.2, 0.25) is 0 Å². The Kier molecular flexibility index (Phi) is 4.47. The molecule has 22 heavy (non-hydrogen) atoms. The van der Waals surface area contributed by atoms with Crippen molar-refractivity contribution < 1.29 is 5.11 Å². The van der Waals surface area contributed by atoms with E-state index >= 15 is 0 Å². The van der Waals surface area contributed by atoms with Crippen molar-refractivity contribution in [3.63, 3.8) is 0 Å². The molecule has 1 heterocycles. The number of hydrogen-bond acceptors (Lipinski definition) is 3. The molecule has 1 aromatic heterocycles. The highest BCUT2D eigenvalue weighted by molar-refractivity contribution is 5.83. The van der Waals surface area contributed by atoms with E-state index in [0.717, 1.165) is 11.1 Å². The Morgan fingerprint density at radius 3 is 2.50 bits per heavy atom. The lowest BCUT2D eigenvalue weighted by Crippen LogP contribution is -2.26. The number of benzene rings is 2. The summed E-state index contributed by atoms with van der Waals surface area (Å²) in [4.78, 5) is 4.19. The molecule has 0 aliphatic carbocycles. The van der Waals surface area contributed by atoms with Gasteiger partial charge in [-0.05, 0) is 35.0 Å². The minimum Gasteiger partial charge on any atom is -0.396 e. The zero-order valence-electron chi connectivity index (χ0n) is 12.6. The lowest BCUT2D eigenvalue weighted by molar-refractivity contribution is 0.239. The van der Waals surface area contributed by atoms with Crippen LogP contribution in [0.4, 0.5) is 0 Å². The van der Waals surface area contributed by atoms with Crippen LogP contribution >= 0.6 is 0 Å². The van der Waals surface area contributed by atoms with Crippen LogP contribution in [0.1, 0.15) is 23.1 Å². The monoisotopic (exact) mass is 292 g/mol. The molecule has 0 amide bonds. The Morgan fingerprint density at radius 1 is 1.00 bits per heavy atom. The van der Waals surface area contributed by atoms with Crippen molar-refractivity contribution in [3.05, 3.63) is 78.1 Å². The molecule has 2 unspecified atom stereocenters. The molecule has 3 aromatic rings. The number of nitrogens with one attached hydrogen (secondary N) is 1. The molecule has 0 fully saturated rings. The number of pyridine rings is 1. The highest BCUT2D eigenvalue weighted by Gasteiger charge is 2.23. The molecule has 0 saturated heterocycles. The minimum atomic E-state index is -0.0150. The zero-order valence-corrected chi connectivity index (χ0v) is 12.6. The zero-order chi connectivity index (χ0) is 15.4. The third-order valence-corrected chi connectivity index (χ3v) is 4.16. The Morgan fingerprint density at radius 2 is 1.82 bits per heavy atom. The van der Waals surface area contributed by atoms with E-state index in [4.69, 9.17) is 0 Å². The van der Waals surface area contributed by atoms with Gasteiger partial charge in [0.05, 0.1) is 6.61 Å². The fourth-order valence-corrected chi connectivity index (χ4v) is 3.00. The van der Waals surface area contributed by atoms with Crippen molar-refractivity contribution in [3.8, 4) is 0 Å². The standard InChI is InChI=1S/C19H20N2O/c1-20-19(17-7-4-10-21-12-17)18(13-22)16-9-8-14-5-2-3-6-15(14)11-16/h2-12,18-20,22H,13H2,1H3. The number of nitrogens with zero attached hydrogens (tertiary/aromatic N) is 1. The van der Waals surface area contributed by atoms with Crippen molar-refractivity contribution in [2.24, 2.45) is 0 Å². The van der Waals surface area contributed by atoms with Gasteiger partial charge < -0.3 is 10.4 Å². The van der Waals surface area contributed by atoms with E-state index in [2.05, 4.69) is 40.6 Å². The fourth-order valence-electron chi connectivity index (χ4n) is 3.00. The summed E-state index contributed by atoms with van der Waals surface area (Å²) >= 11 is 0. The number of hydrogen-bond donors (Lipinski definition) is 2. The molecule has 0 spiro atoms. The molecule has 0 radical (unpaired) electrons. The van der Waals surface area contributed by atoms with E-state index in [9.17, 15) is 5.11 Å². The summed E-state index contributed by atoms with van der Waals surface area (Å²) in [6.07, 6.45) is 3.62. The largest absolute Gasteiger partial charge is 0.396 e. The van der Waals surface area contributed by atoms with Crippen molar-refractivity contribution >= 4 is 10.8 Å². The summed E-state index contributed by atoms with van der Waals surface area (Å²) in [6.45, 7) is 0.0821. The topological polar surface area (TPSA) is 45.2 Å². The quantitative estimate of drug-likeness (QED) is 0.758. The average Bonchev–Trinajstić information content (AvgIpc) is 2.60. The Hall–Kier alpha value is -2.23. The number of rotatable bonds is 5. The van der Waals surface area contributed by atoms with Gasteiger partial charge in [0.25, 0.3) is 0 Å². The third kappa shape index (κ3) is 2.86. The van der Waals surface area contributed by atoms with Crippen LogP contribution < -0.4 is 5.32 Å². The molecule has 3 rings (SSSR count). The molecular formula is C19H20N2O. The van der Waals surface area contributed by atoms with Gasteiger partial charge in [-0.15, -0.1) is 0 Å². The van der Waals surface area contributed by atoms with Gasteiger partial charge in [-0.1, -0.05) is 48.5 Å². The Balaban J connectivity index is 2.00. The molecule has 2 atom stereocenters. The van der Waals surface area contributed by atoms with Gasteiger partial charge in [0.15, 0.2) is 0 Å². The summed E-state index contributed by atoms with van der Waals surface area (Å²) in [6, 6.07) is 18.7. The predicted molar refractivity (Wildman–Crippen MR) is 89.8 cm³/mol. The van der Waals surface area contributed by atoms with Gasteiger partial charge in [0.1, 0.15) is 0 Å². The SMILES string of the molecule is CNC(c1cccnc1)C(CO)c1ccc2ccccc2c1. The maximum atomic E-state index is 9.95. The molecule has 112 valence electrons. The Labute approximate surface area is 130 Å². The van der Waals surface area contributed by atoms with Crippen LogP contribution in [0, 0.1) is 0 Å². The average molecular weight is 292 g/mol. The second kappa shape index (κ2) is 6.69. The molecular weight excluding hydrogens is 272 g/mol. The van der Waals surface area contributed by atoms with E-state index in [1.807, 2.05) is 37.5 Å². The summed E-state index contributed by atoms with van der Waals surface area (Å²) in [5.41, 5.74) is 2.21. The second-order valence-corrected chi connectivity index (χ2v) is 5.45. The maximum Gasteiger partial charge on any atom is 0.0518 e. The molecule has 3 nitrogen and oxygen atoms in total. The van der Waals surface area contributed by atoms with Crippen LogP contribution in [0.25, 0.3) is 10.8 Å². The minimum absolute atomic E-state index is 0.0150. The summed E-state index contributed by atoms with van der Waals surface area (Å²) in [5.74, 6) is -0.0150. The van der Waals surface area contributed by atoms with Crippen molar-refractivity contribution in [2.75, 3.05) is 13.7 Å². The summed E-state index contributed by atoms with van der Waals surface area (Å²) in [5, 5.41) is 15.7. The lowest BCUT2D eigenvalue weighted by Gasteiger charge is -2.26. The number of aliphatic hydroxyl groups is 1. The Bertz CT molecular complexity index is 743. The predicted octanol–water partition coefficient (Wildman–Crippen LogP) is 3.27. The smallest absolute Gasteiger partial charge is 0.0518 e. The van der Waals surface area contributed by atoms with Gasteiger partial charge >= 0.3 is 0 Å². The van der Waals surface area contributed by atoms with Crippen LogP contribution in [0.5, 0.6) is 0 Å². The van der Waals surface area contributed by atoms with Crippen LogP contribution in [0.15, 0.2) is 67.0 Å². The first-order chi connectivity index (χ1) is 10.8. The van der Waals surface area contributed by atoms with E-state index in [1.165, 1.54) is 10.8 Å². The molecule has 2 aromatic carbocycles. The number of fused-ring (bicyclic) bond motifs is 1. The van der Waals surface area contributed by atoms with Crippen molar-refractivity contribution in [1.29, 1.82) is 0 Å². The highest BCUT2D eigenvalue weighted by Crippen LogP contribution is 2.31. The molecule has 0 aliphatic heterocycles. The van der Waals surface area contributed by atoms with Crippen LogP contribution in [-0.2, 0) is 0 Å². The van der Waals surface area contributed by atoms with Gasteiger partial charge in [-0.25, -0.2) is 0 Å². The van der Waals surface area contributed by atoms with Crippen molar-refractivity contribution in [1.82, 2.24) is 10.3 Å². The molecule has 3 heteroatoms. The van der Waals surface area contributed by atoms with Gasteiger partial charge in [-0.2, -0.15) is 0 Å².